The number of rotatable bonds is 6. The number of aromatic hydroxyl groups is 1. The van der Waals surface area contributed by atoms with E-state index in [0.29, 0.717) is 11.3 Å². The molecule has 0 saturated heterocycles. The van der Waals surface area contributed by atoms with Crippen LogP contribution in [0.4, 0.5) is 27.5 Å². The summed E-state index contributed by atoms with van der Waals surface area (Å²) in [7, 11) is 0. The standard InChI is InChI=1S/C19H16FN5O3/c1-10(26)11-2-7-15(20)16(8-11)24-19-22-9-14(17(21)28)18(25-19)23-12-3-5-13(27)6-4-12/h2-9,27H,1H3,(H2,21,28)(H2,22,23,24,25). The van der Waals surface area contributed by atoms with Crippen LogP contribution in [0.2, 0.25) is 0 Å². The van der Waals surface area contributed by atoms with E-state index in [1.54, 1.807) is 12.1 Å². The fourth-order valence-electron chi connectivity index (χ4n) is 2.36. The number of halogens is 1. The molecule has 3 aromatic rings. The Labute approximate surface area is 159 Å². The lowest BCUT2D eigenvalue weighted by Crippen LogP contribution is -2.16. The number of Topliss-reactive ketones (excluding diaryl/α,β-unsaturated/α-hetero) is 1. The van der Waals surface area contributed by atoms with Crippen molar-refractivity contribution in [1.29, 1.82) is 0 Å². The molecule has 1 aromatic heterocycles. The number of anilines is 4. The quantitative estimate of drug-likeness (QED) is 0.381. The minimum Gasteiger partial charge on any atom is -0.508 e. The molecule has 0 unspecified atom stereocenters. The van der Waals surface area contributed by atoms with Crippen molar-refractivity contribution in [2.24, 2.45) is 5.73 Å². The molecule has 0 fully saturated rings. The van der Waals surface area contributed by atoms with Gasteiger partial charge in [0.05, 0.1) is 5.69 Å². The van der Waals surface area contributed by atoms with Crippen molar-refractivity contribution < 1.29 is 19.1 Å². The van der Waals surface area contributed by atoms with Gasteiger partial charge in [-0.3, -0.25) is 9.59 Å². The number of carbonyl (C=O) groups excluding carboxylic acids is 2. The summed E-state index contributed by atoms with van der Waals surface area (Å²) < 4.78 is 14.1. The highest BCUT2D eigenvalue weighted by atomic mass is 19.1. The molecule has 0 aliphatic carbocycles. The lowest BCUT2D eigenvalue weighted by Gasteiger charge is -2.12. The third kappa shape index (κ3) is 4.21. The Hall–Kier alpha value is -4.01. The number of hydrogen-bond donors (Lipinski definition) is 4. The molecule has 1 heterocycles. The molecule has 0 aliphatic heterocycles. The summed E-state index contributed by atoms with van der Waals surface area (Å²) in [5.41, 5.74) is 6.25. The van der Waals surface area contributed by atoms with Crippen LogP contribution in [0.15, 0.2) is 48.7 Å². The van der Waals surface area contributed by atoms with Crippen LogP contribution in [0, 0.1) is 5.82 Å². The number of amides is 1. The number of primary amides is 1. The number of nitrogens with two attached hydrogens (primary N) is 1. The summed E-state index contributed by atoms with van der Waals surface area (Å²) in [5, 5.41) is 15.0. The zero-order valence-electron chi connectivity index (χ0n) is 14.7. The first kappa shape index (κ1) is 18.8. The number of aromatic nitrogens is 2. The van der Waals surface area contributed by atoms with E-state index >= 15 is 0 Å². The SMILES string of the molecule is CC(=O)c1ccc(F)c(Nc2ncc(C(N)=O)c(Nc3ccc(O)cc3)n2)c1. The molecule has 1 amide bonds. The van der Waals surface area contributed by atoms with Crippen molar-refractivity contribution in [1.82, 2.24) is 9.97 Å². The molecule has 0 spiro atoms. The van der Waals surface area contributed by atoms with Crippen molar-refractivity contribution in [3.63, 3.8) is 0 Å². The normalized spacial score (nSPS) is 10.4. The van der Waals surface area contributed by atoms with Crippen LogP contribution in [0.3, 0.4) is 0 Å². The Morgan fingerprint density at radius 2 is 1.82 bits per heavy atom. The van der Waals surface area contributed by atoms with Gasteiger partial charge in [-0.1, -0.05) is 0 Å². The van der Waals surface area contributed by atoms with Gasteiger partial charge in [0.2, 0.25) is 5.95 Å². The average Bonchev–Trinajstić information content (AvgIpc) is 2.65. The van der Waals surface area contributed by atoms with Crippen molar-refractivity contribution in [2.45, 2.75) is 6.92 Å². The van der Waals surface area contributed by atoms with E-state index < -0.39 is 11.7 Å². The zero-order chi connectivity index (χ0) is 20.3. The molecule has 8 nitrogen and oxygen atoms in total. The Bertz CT molecular complexity index is 1050. The molecular formula is C19H16FN5O3. The average molecular weight is 381 g/mol. The fraction of sp³-hybridized carbons (Fsp3) is 0.0526. The molecule has 9 heteroatoms. The van der Waals surface area contributed by atoms with E-state index in [2.05, 4.69) is 20.6 Å². The lowest BCUT2D eigenvalue weighted by molar-refractivity contribution is 0.0996. The van der Waals surface area contributed by atoms with Gasteiger partial charge in [0.25, 0.3) is 5.91 Å². The van der Waals surface area contributed by atoms with Crippen LogP contribution in [0.5, 0.6) is 5.75 Å². The highest BCUT2D eigenvalue weighted by Gasteiger charge is 2.14. The van der Waals surface area contributed by atoms with Gasteiger partial charge in [-0.05, 0) is 49.4 Å². The maximum absolute atomic E-state index is 14.1. The Morgan fingerprint density at radius 1 is 1.11 bits per heavy atom. The number of ketones is 1. The van der Waals surface area contributed by atoms with Gasteiger partial charge in [0.1, 0.15) is 22.9 Å². The molecule has 0 radical (unpaired) electrons. The number of phenolic OH excluding ortho intramolecular Hbond substituents is 1. The maximum Gasteiger partial charge on any atom is 0.254 e. The lowest BCUT2D eigenvalue weighted by atomic mass is 10.1. The molecule has 5 N–H and O–H groups in total. The third-order valence-corrected chi connectivity index (χ3v) is 3.80. The monoisotopic (exact) mass is 381 g/mol. The van der Waals surface area contributed by atoms with E-state index in [1.165, 1.54) is 37.4 Å². The molecule has 3 rings (SSSR count). The molecule has 0 atom stereocenters. The van der Waals surface area contributed by atoms with Gasteiger partial charge < -0.3 is 21.5 Å². The van der Waals surface area contributed by atoms with Crippen LogP contribution in [-0.2, 0) is 0 Å². The number of nitrogens with one attached hydrogen (secondary N) is 2. The van der Waals surface area contributed by atoms with Gasteiger partial charge in [-0.2, -0.15) is 4.98 Å². The van der Waals surface area contributed by atoms with Crippen LogP contribution >= 0.6 is 0 Å². The minimum absolute atomic E-state index is 0.00844. The smallest absolute Gasteiger partial charge is 0.254 e. The molecular weight excluding hydrogens is 365 g/mol. The number of benzene rings is 2. The molecule has 0 saturated carbocycles. The summed E-state index contributed by atoms with van der Waals surface area (Å²) in [5.74, 6) is -1.41. The van der Waals surface area contributed by atoms with Crippen LogP contribution < -0.4 is 16.4 Å². The van der Waals surface area contributed by atoms with E-state index in [9.17, 15) is 19.1 Å². The van der Waals surface area contributed by atoms with Gasteiger partial charge in [-0.15, -0.1) is 0 Å². The van der Waals surface area contributed by atoms with E-state index in [0.717, 1.165) is 6.07 Å². The summed E-state index contributed by atoms with van der Waals surface area (Å²) in [4.78, 5) is 31.3. The first-order valence-electron chi connectivity index (χ1n) is 8.14. The second-order valence-electron chi connectivity index (χ2n) is 5.87. The Balaban J connectivity index is 1.95. The summed E-state index contributed by atoms with van der Waals surface area (Å²) in [6, 6.07) is 9.93. The van der Waals surface area contributed by atoms with E-state index in [-0.39, 0.29) is 34.5 Å². The molecule has 142 valence electrons. The minimum atomic E-state index is -0.752. The van der Waals surface area contributed by atoms with Crippen molar-refractivity contribution in [3.05, 3.63) is 65.6 Å². The Morgan fingerprint density at radius 3 is 2.46 bits per heavy atom. The second kappa shape index (κ2) is 7.70. The first-order chi connectivity index (χ1) is 13.3. The summed E-state index contributed by atoms with van der Waals surface area (Å²) >= 11 is 0. The number of nitrogens with zero attached hydrogens (tertiary/aromatic N) is 2. The van der Waals surface area contributed by atoms with Gasteiger partial charge in [-0.25, -0.2) is 9.37 Å². The Kier molecular flexibility index (Phi) is 5.16. The number of carbonyl (C=O) groups is 2. The highest BCUT2D eigenvalue weighted by Crippen LogP contribution is 2.24. The maximum atomic E-state index is 14.1. The zero-order valence-corrected chi connectivity index (χ0v) is 14.7. The predicted octanol–water partition coefficient (Wildman–Crippen LogP) is 3.11. The summed E-state index contributed by atoms with van der Waals surface area (Å²) in [6.07, 6.45) is 1.20. The van der Waals surface area contributed by atoms with E-state index in [1.807, 2.05) is 0 Å². The fourth-order valence-corrected chi connectivity index (χ4v) is 2.36. The summed E-state index contributed by atoms with van der Waals surface area (Å²) in [6.45, 7) is 1.37. The van der Waals surface area contributed by atoms with Crippen molar-refractivity contribution in [3.8, 4) is 5.75 Å². The second-order valence-corrected chi connectivity index (χ2v) is 5.87. The highest BCUT2D eigenvalue weighted by molar-refractivity contribution is 5.98. The van der Waals surface area contributed by atoms with Gasteiger partial charge >= 0.3 is 0 Å². The van der Waals surface area contributed by atoms with E-state index in [4.69, 9.17) is 5.73 Å². The molecule has 0 aliphatic rings. The van der Waals surface area contributed by atoms with Crippen LogP contribution in [0.1, 0.15) is 27.6 Å². The molecule has 2 aromatic carbocycles. The van der Waals surface area contributed by atoms with Crippen molar-refractivity contribution in [2.75, 3.05) is 10.6 Å². The van der Waals surface area contributed by atoms with Gasteiger partial charge in [0, 0.05) is 17.4 Å². The number of phenols is 1. The predicted molar refractivity (Wildman–Crippen MR) is 102 cm³/mol. The number of hydrogen-bond acceptors (Lipinski definition) is 7. The van der Waals surface area contributed by atoms with Gasteiger partial charge in [0.15, 0.2) is 5.78 Å². The van der Waals surface area contributed by atoms with Crippen molar-refractivity contribution >= 4 is 34.8 Å². The van der Waals surface area contributed by atoms with Crippen LogP contribution in [-0.4, -0.2) is 26.8 Å². The first-order valence-corrected chi connectivity index (χ1v) is 8.14. The molecule has 28 heavy (non-hydrogen) atoms. The largest absolute Gasteiger partial charge is 0.508 e. The topological polar surface area (TPSA) is 130 Å². The van der Waals surface area contributed by atoms with Crippen LogP contribution in [0.25, 0.3) is 0 Å². The molecule has 0 bridgehead atoms. The third-order valence-electron chi connectivity index (χ3n) is 3.80.